The molecule has 1 aliphatic heterocycles. The first-order valence-corrected chi connectivity index (χ1v) is 6.12. The Morgan fingerprint density at radius 1 is 1.50 bits per heavy atom. The molecule has 0 aromatic carbocycles. The molecule has 1 aliphatic rings. The minimum absolute atomic E-state index is 0.295. The molecular formula is C13H21NO2. The molecule has 1 saturated heterocycles. The van der Waals surface area contributed by atoms with Gasteiger partial charge in [0.1, 0.15) is 11.5 Å². The Balaban J connectivity index is 2.10. The van der Waals surface area contributed by atoms with Gasteiger partial charge in [-0.05, 0) is 38.9 Å². The maximum Gasteiger partial charge on any atom is 0.121 e. The predicted molar refractivity (Wildman–Crippen MR) is 63.4 cm³/mol. The quantitative estimate of drug-likeness (QED) is 0.852. The molecule has 90 valence electrons. The number of hydrogen-bond donors (Lipinski definition) is 1. The Morgan fingerprint density at radius 3 is 2.81 bits per heavy atom. The predicted octanol–water partition coefficient (Wildman–Crippen LogP) is 2.66. The zero-order valence-electron chi connectivity index (χ0n) is 10.3. The molecule has 0 saturated carbocycles. The summed E-state index contributed by atoms with van der Waals surface area (Å²) in [5.74, 6) is 2.55. The van der Waals surface area contributed by atoms with E-state index in [2.05, 4.69) is 25.2 Å². The molecule has 3 unspecified atom stereocenters. The Kier molecular flexibility index (Phi) is 3.66. The molecule has 1 aromatic rings. The number of furan rings is 1. The molecule has 0 radical (unpaired) electrons. The van der Waals surface area contributed by atoms with E-state index in [1.54, 1.807) is 0 Å². The van der Waals surface area contributed by atoms with E-state index in [-0.39, 0.29) is 0 Å². The normalized spacial score (nSPS) is 27.2. The number of rotatable bonds is 4. The second kappa shape index (κ2) is 5.02. The Hall–Kier alpha value is -0.800. The van der Waals surface area contributed by atoms with Crippen LogP contribution in [0.5, 0.6) is 0 Å². The summed E-state index contributed by atoms with van der Waals surface area (Å²) in [7, 11) is 0. The molecular weight excluding hydrogens is 202 g/mol. The minimum Gasteiger partial charge on any atom is -0.465 e. The zero-order chi connectivity index (χ0) is 11.5. The van der Waals surface area contributed by atoms with Crippen molar-refractivity contribution >= 4 is 0 Å². The van der Waals surface area contributed by atoms with E-state index in [0.717, 1.165) is 31.1 Å². The van der Waals surface area contributed by atoms with Crippen molar-refractivity contribution in [1.82, 2.24) is 5.32 Å². The van der Waals surface area contributed by atoms with Crippen molar-refractivity contribution in [2.75, 3.05) is 13.2 Å². The maximum atomic E-state index is 5.73. The van der Waals surface area contributed by atoms with Crippen LogP contribution in [0.25, 0.3) is 0 Å². The minimum atomic E-state index is 0.295. The molecule has 3 nitrogen and oxygen atoms in total. The summed E-state index contributed by atoms with van der Waals surface area (Å²) in [6.07, 6.45) is 1.49. The SMILES string of the molecule is CCNC(c1ccc(C)o1)C1COC(C)C1. The third-order valence-corrected chi connectivity index (χ3v) is 3.19. The van der Waals surface area contributed by atoms with Gasteiger partial charge in [0.05, 0.1) is 18.8 Å². The van der Waals surface area contributed by atoms with Crippen molar-refractivity contribution in [2.45, 2.75) is 39.3 Å². The van der Waals surface area contributed by atoms with Crippen LogP contribution in [0.15, 0.2) is 16.5 Å². The van der Waals surface area contributed by atoms with Crippen molar-refractivity contribution in [3.8, 4) is 0 Å². The van der Waals surface area contributed by atoms with E-state index in [1.807, 2.05) is 13.0 Å². The van der Waals surface area contributed by atoms with Gasteiger partial charge in [-0.2, -0.15) is 0 Å². The van der Waals surface area contributed by atoms with Gasteiger partial charge < -0.3 is 14.5 Å². The van der Waals surface area contributed by atoms with Crippen LogP contribution in [-0.2, 0) is 4.74 Å². The highest BCUT2D eigenvalue weighted by atomic mass is 16.5. The number of aryl methyl sites for hydroxylation is 1. The van der Waals surface area contributed by atoms with Crippen LogP contribution in [-0.4, -0.2) is 19.3 Å². The lowest BCUT2D eigenvalue weighted by Gasteiger charge is -2.21. The average Bonchev–Trinajstić information content (AvgIpc) is 2.84. The second-order valence-electron chi connectivity index (χ2n) is 4.62. The van der Waals surface area contributed by atoms with Crippen molar-refractivity contribution in [1.29, 1.82) is 0 Å². The molecule has 2 rings (SSSR count). The van der Waals surface area contributed by atoms with Gasteiger partial charge in [-0.1, -0.05) is 6.92 Å². The van der Waals surface area contributed by atoms with Gasteiger partial charge in [-0.25, -0.2) is 0 Å². The summed E-state index contributed by atoms with van der Waals surface area (Å²) in [6, 6.07) is 4.40. The third kappa shape index (κ3) is 2.47. The molecule has 1 aromatic heterocycles. The van der Waals surface area contributed by atoms with Gasteiger partial charge in [0.2, 0.25) is 0 Å². The fourth-order valence-electron chi connectivity index (χ4n) is 2.42. The molecule has 0 aliphatic carbocycles. The molecule has 16 heavy (non-hydrogen) atoms. The summed E-state index contributed by atoms with van der Waals surface area (Å²) in [5, 5.41) is 3.50. The Morgan fingerprint density at radius 2 is 2.31 bits per heavy atom. The molecule has 0 spiro atoms. The maximum absolute atomic E-state index is 5.73. The Bertz CT molecular complexity index is 334. The van der Waals surface area contributed by atoms with Gasteiger partial charge in [-0.15, -0.1) is 0 Å². The number of nitrogens with one attached hydrogen (secondary N) is 1. The standard InChI is InChI=1S/C13H21NO2/c1-4-14-13(11-7-10(3)15-8-11)12-6-5-9(2)16-12/h5-6,10-11,13-14H,4,7-8H2,1-3H3. The van der Waals surface area contributed by atoms with Crippen molar-refractivity contribution in [3.63, 3.8) is 0 Å². The first kappa shape index (κ1) is 11.7. The molecule has 0 bridgehead atoms. The lowest BCUT2D eigenvalue weighted by molar-refractivity contribution is 0.116. The van der Waals surface area contributed by atoms with Crippen LogP contribution >= 0.6 is 0 Å². The first-order chi connectivity index (χ1) is 7.70. The van der Waals surface area contributed by atoms with Crippen molar-refractivity contribution in [3.05, 3.63) is 23.7 Å². The van der Waals surface area contributed by atoms with E-state index in [9.17, 15) is 0 Å². The highest BCUT2D eigenvalue weighted by Crippen LogP contribution is 2.32. The fraction of sp³-hybridized carbons (Fsp3) is 0.692. The first-order valence-electron chi connectivity index (χ1n) is 6.12. The topological polar surface area (TPSA) is 34.4 Å². The molecule has 2 heterocycles. The van der Waals surface area contributed by atoms with Crippen LogP contribution in [0, 0.1) is 12.8 Å². The van der Waals surface area contributed by atoms with Gasteiger partial charge in [-0.3, -0.25) is 0 Å². The summed E-state index contributed by atoms with van der Waals surface area (Å²) in [6.45, 7) is 8.03. The summed E-state index contributed by atoms with van der Waals surface area (Å²) in [5.41, 5.74) is 0. The largest absolute Gasteiger partial charge is 0.465 e. The molecule has 1 N–H and O–H groups in total. The summed E-state index contributed by atoms with van der Waals surface area (Å²) < 4.78 is 11.4. The van der Waals surface area contributed by atoms with Crippen LogP contribution in [0.3, 0.4) is 0 Å². The Labute approximate surface area is 97.2 Å². The highest BCUT2D eigenvalue weighted by Gasteiger charge is 2.31. The van der Waals surface area contributed by atoms with Crippen LogP contribution in [0.4, 0.5) is 0 Å². The van der Waals surface area contributed by atoms with E-state index >= 15 is 0 Å². The fourth-order valence-corrected chi connectivity index (χ4v) is 2.42. The van der Waals surface area contributed by atoms with Crippen LogP contribution in [0.1, 0.15) is 37.8 Å². The third-order valence-electron chi connectivity index (χ3n) is 3.19. The molecule has 3 atom stereocenters. The smallest absolute Gasteiger partial charge is 0.121 e. The monoisotopic (exact) mass is 223 g/mol. The highest BCUT2D eigenvalue weighted by molar-refractivity contribution is 5.11. The second-order valence-corrected chi connectivity index (χ2v) is 4.62. The molecule has 1 fully saturated rings. The van der Waals surface area contributed by atoms with Gasteiger partial charge in [0, 0.05) is 5.92 Å². The van der Waals surface area contributed by atoms with Crippen molar-refractivity contribution < 1.29 is 9.15 Å². The molecule has 3 heteroatoms. The van der Waals surface area contributed by atoms with Crippen molar-refractivity contribution in [2.24, 2.45) is 5.92 Å². The lowest BCUT2D eigenvalue weighted by atomic mass is 9.95. The summed E-state index contributed by atoms with van der Waals surface area (Å²) >= 11 is 0. The van der Waals surface area contributed by atoms with Gasteiger partial charge >= 0.3 is 0 Å². The average molecular weight is 223 g/mol. The van der Waals surface area contributed by atoms with Gasteiger partial charge in [0.25, 0.3) is 0 Å². The zero-order valence-corrected chi connectivity index (χ0v) is 10.3. The molecule has 0 amide bonds. The van der Waals surface area contributed by atoms with Crippen LogP contribution in [0.2, 0.25) is 0 Å². The van der Waals surface area contributed by atoms with E-state index in [4.69, 9.17) is 9.15 Å². The van der Waals surface area contributed by atoms with E-state index in [1.165, 1.54) is 0 Å². The number of ether oxygens (including phenoxy) is 1. The lowest BCUT2D eigenvalue weighted by Crippen LogP contribution is -2.28. The number of hydrogen-bond acceptors (Lipinski definition) is 3. The summed E-state index contributed by atoms with van der Waals surface area (Å²) in [4.78, 5) is 0. The van der Waals surface area contributed by atoms with E-state index < -0.39 is 0 Å². The van der Waals surface area contributed by atoms with E-state index in [0.29, 0.717) is 18.1 Å². The van der Waals surface area contributed by atoms with Crippen LogP contribution < -0.4 is 5.32 Å². The van der Waals surface area contributed by atoms with Gasteiger partial charge in [0.15, 0.2) is 0 Å².